The molecule has 25 heavy (non-hydrogen) atoms. The fourth-order valence-corrected chi connectivity index (χ4v) is 3.44. The fourth-order valence-electron chi connectivity index (χ4n) is 3.27. The van der Waals surface area contributed by atoms with Gasteiger partial charge in [-0.1, -0.05) is 17.7 Å². The zero-order chi connectivity index (χ0) is 17.1. The second kappa shape index (κ2) is 4.94. The van der Waals surface area contributed by atoms with Crippen LogP contribution < -0.4 is 5.56 Å². The normalized spacial score (nSPS) is 11.8. The minimum Gasteiger partial charge on any atom is -0.307 e. The summed E-state index contributed by atoms with van der Waals surface area (Å²) < 4.78 is 5.19. The van der Waals surface area contributed by atoms with Crippen molar-refractivity contribution in [3.63, 3.8) is 0 Å². The van der Waals surface area contributed by atoms with Crippen LogP contribution in [0.15, 0.2) is 59.9 Å². The molecule has 4 heterocycles. The van der Waals surface area contributed by atoms with Crippen molar-refractivity contribution in [3.05, 3.63) is 70.5 Å². The van der Waals surface area contributed by atoms with E-state index < -0.39 is 0 Å². The van der Waals surface area contributed by atoms with E-state index in [0.717, 1.165) is 27.6 Å². The standard InChI is InChI=1S/C18H12ClN5O/c1-22-10-14-13-3-2-11(19)8-15(13)24(18(25)17(14)21-22)12-4-6-23-7-5-20-16(23)9-12/h2-10H,1H3. The first-order valence-corrected chi connectivity index (χ1v) is 8.10. The van der Waals surface area contributed by atoms with Gasteiger partial charge in [0.25, 0.3) is 5.56 Å². The second-order valence-corrected chi connectivity index (χ2v) is 6.38. The third-order valence-corrected chi connectivity index (χ3v) is 4.60. The molecule has 0 aliphatic heterocycles. The van der Waals surface area contributed by atoms with E-state index >= 15 is 0 Å². The van der Waals surface area contributed by atoms with Gasteiger partial charge in [0.05, 0.1) is 11.2 Å². The van der Waals surface area contributed by atoms with Crippen LogP contribution in [0.25, 0.3) is 33.1 Å². The number of aromatic nitrogens is 5. The van der Waals surface area contributed by atoms with Gasteiger partial charge in [0.2, 0.25) is 0 Å². The second-order valence-electron chi connectivity index (χ2n) is 5.94. The van der Waals surface area contributed by atoms with Gasteiger partial charge in [-0.2, -0.15) is 5.10 Å². The third kappa shape index (κ3) is 2.01. The summed E-state index contributed by atoms with van der Waals surface area (Å²) in [6.45, 7) is 0. The van der Waals surface area contributed by atoms with Crippen LogP contribution in [0.4, 0.5) is 0 Å². The van der Waals surface area contributed by atoms with Crippen molar-refractivity contribution >= 4 is 39.1 Å². The maximum atomic E-state index is 13.2. The topological polar surface area (TPSA) is 57.1 Å². The minimum atomic E-state index is -0.179. The van der Waals surface area contributed by atoms with E-state index in [0.29, 0.717) is 10.5 Å². The highest BCUT2D eigenvalue weighted by molar-refractivity contribution is 6.31. The lowest BCUT2D eigenvalue weighted by Gasteiger charge is -2.11. The Labute approximate surface area is 146 Å². The Hall–Kier alpha value is -3.12. The van der Waals surface area contributed by atoms with Gasteiger partial charge in [-0.25, -0.2) is 4.98 Å². The summed E-state index contributed by atoms with van der Waals surface area (Å²) in [5.74, 6) is 0. The van der Waals surface area contributed by atoms with E-state index in [1.54, 1.807) is 21.5 Å². The molecular formula is C18H12ClN5O. The van der Waals surface area contributed by atoms with Crippen molar-refractivity contribution < 1.29 is 0 Å². The van der Waals surface area contributed by atoms with Crippen molar-refractivity contribution in [2.24, 2.45) is 7.05 Å². The first-order valence-electron chi connectivity index (χ1n) is 7.72. The molecule has 5 aromatic rings. The molecule has 0 bridgehead atoms. The summed E-state index contributed by atoms with van der Waals surface area (Å²) in [4.78, 5) is 17.5. The monoisotopic (exact) mass is 349 g/mol. The number of hydrogen-bond acceptors (Lipinski definition) is 3. The molecule has 6 nitrogen and oxygen atoms in total. The molecule has 0 saturated heterocycles. The Balaban J connectivity index is 1.99. The van der Waals surface area contributed by atoms with E-state index in [2.05, 4.69) is 10.1 Å². The molecule has 0 amide bonds. The first kappa shape index (κ1) is 14.2. The van der Waals surface area contributed by atoms with Gasteiger partial charge in [-0.3, -0.25) is 14.0 Å². The van der Waals surface area contributed by atoms with Crippen LogP contribution in [0.5, 0.6) is 0 Å². The molecule has 0 N–H and O–H groups in total. The minimum absolute atomic E-state index is 0.179. The Kier molecular flexibility index (Phi) is 2.81. The lowest BCUT2D eigenvalue weighted by molar-refractivity contribution is 0.777. The number of halogens is 1. The van der Waals surface area contributed by atoms with E-state index in [4.69, 9.17) is 11.6 Å². The molecule has 4 aromatic heterocycles. The zero-order valence-electron chi connectivity index (χ0n) is 13.2. The average Bonchev–Trinajstić information content (AvgIpc) is 3.20. The van der Waals surface area contributed by atoms with Gasteiger partial charge in [0.1, 0.15) is 5.65 Å². The zero-order valence-corrected chi connectivity index (χ0v) is 14.0. The number of hydrogen-bond donors (Lipinski definition) is 0. The summed E-state index contributed by atoms with van der Waals surface area (Å²) in [5.41, 5.74) is 2.49. The predicted molar refractivity (Wildman–Crippen MR) is 97.6 cm³/mol. The molecule has 0 spiro atoms. The Morgan fingerprint density at radius 1 is 1.08 bits per heavy atom. The summed E-state index contributed by atoms with van der Waals surface area (Å²) >= 11 is 6.21. The molecular weight excluding hydrogens is 338 g/mol. The van der Waals surface area contributed by atoms with Crippen molar-refractivity contribution in [1.82, 2.24) is 23.7 Å². The smallest absolute Gasteiger partial charge is 0.283 e. The van der Waals surface area contributed by atoms with E-state index in [1.165, 1.54) is 0 Å². The van der Waals surface area contributed by atoms with Crippen LogP contribution in [0.2, 0.25) is 5.02 Å². The largest absolute Gasteiger partial charge is 0.307 e. The van der Waals surface area contributed by atoms with Crippen LogP contribution in [0.3, 0.4) is 0 Å². The molecule has 0 atom stereocenters. The molecule has 122 valence electrons. The van der Waals surface area contributed by atoms with E-state index in [9.17, 15) is 4.79 Å². The third-order valence-electron chi connectivity index (χ3n) is 4.37. The summed E-state index contributed by atoms with van der Waals surface area (Å²) in [6.07, 6.45) is 7.32. The number of aryl methyl sites for hydroxylation is 1. The number of rotatable bonds is 1. The number of benzene rings is 1. The van der Waals surface area contributed by atoms with Crippen LogP contribution in [0.1, 0.15) is 0 Å². The van der Waals surface area contributed by atoms with E-state index in [-0.39, 0.29) is 5.56 Å². The first-order chi connectivity index (χ1) is 12.1. The van der Waals surface area contributed by atoms with Gasteiger partial charge < -0.3 is 4.40 Å². The number of fused-ring (bicyclic) bond motifs is 4. The Morgan fingerprint density at radius 2 is 1.96 bits per heavy atom. The van der Waals surface area contributed by atoms with Crippen molar-refractivity contribution in [1.29, 1.82) is 0 Å². The van der Waals surface area contributed by atoms with Gasteiger partial charge >= 0.3 is 0 Å². The molecule has 5 rings (SSSR count). The average molecular weight is 350 g/mol. The number of imidazole rings is 1. The van der Waals surface area contributed by atoms with Gasteiger partial charge in [0, 0.05) is 53.7 Å². The maximum absolute atomic E-state index is 13.2. The molecule has 1 aromatic carbocycles. The highest BCUT2D eigenvalue weighted by Gasteiger charge is 2.15. The molecule has 7 heteroatoms. The molecule has 0 saturated carbocycles. The van der Waals surface area contributed by atoms with E-state index in [1.807, 2.05) is 54.3 Å². The van der Waals surface area contributed by atoms with Crippen LogP contribution >= 0.6 is 11.6 Å². The fraction of sp³-hybridized carbons (Fsp3) is 0.0556. The summed E-state index contributed by atoms with van der Waals surface area (Å²) in [7, 11) is 1.81. The molecule has 0 fully saturated rings. The van der Waals surface area contributed by atoms with Crippen molar-refractivity contribution in [2.45, 2.75) is 0 Å². The van der Waals surface area contributed by atoms with Crippen LogP contribution in [0, 0.1) is 0 Å². The van der Waals surface area contributed by atoms with Gasteiger partial charge in [-0.05, 0) is 18.2 Å². The van der Waals surface area contributed by atoms with Crippen LogP contribution in [-0.4, -0.2) is 23.7 Å². The molecule has 0 radical (unpaired) electrons. The summed E-state index contributed by atoms with van der Waals surface area (Å²) in [6, 6.07) is 9.30. The SMILES string of the molecule is Cn1cc2c(n1)c(=O)n(-c1ccn3ccnc3c1)c1cc(Cl)ccc21. The van der Waals surface area contributed by atoms with Crippen molar-refractivity contribution in [2.75, 3.05) is 0 Å². The van der Waals surface area contributed by atoms with Gasteiger partial charge in [0.15, 0.2) is 5.52 Å². The number of pyridine rings is 2. The highest BCUT2D eigenvalue weighted by Crippen LogP contribution is 2.27. The molecule has 0 unspecified atom stereocenters. The maximum Gasteiger partial charge on any atom is 0.283 e. The summed E-state index contributed by atoms with van der Waals surface area (Å²) in [5, 5.41) is 6.67. The lowest BCUT2D eigenvalue weighted by atomic mass is 10.1. The molecule has 0 aliphatic rings. The lowest BCUT2D eigenvalue weighted by Crippen LogP contribution is -2.19. The Morgan fingerprint density at radius 3 is 2.84 bits per heavy atom. The highest BCUT2D eigenvalue weighted by atomic mass is 35.5. The Bertz CT molecular complexity index is 1340. The van der Waals surface area contributed by atoms with Crippen molar-refractivity contribution in [3.8, 4) is 5.69 Å². The quantitative estimate of drug-likeness (QED) is 0.467. The molecule has 0 aliphatic carbocycles. The van der Waals surface area contributed by atoms with Gasteiger partial charge in [-0.15, -0.1) is 0 Å². The predicted octanol–water partition coefficient (Wildman–Crippen LogP) is 3.18. The van der Waals surface area contributed by atoms with Crippen LogP contribution in [-0.2, 0) is 7.05 Å². The number of nitrogens with zero attached hydrogens (tertiary/aromatic N) is 5.